The van der Waals surface area contributed by atoms with Crippen LogP contribution in [0.5, 0.6) is 0 Å². The van der Waals surface area contributed by atoms with Gasteiger partial charge in [-0.15, -0.1) is 0 Å². The van der Waals surface area contributed by atoms with Crippen molar-refractivity contribution in [2.24, 2.45) is 11.8 Å². The third-order valence-electron chi connectivity index (χ3n) is 7.10. The Labute approximate surface area is 210 Å². The van der Waals surface area contributed by atoms with Gasteiger partial charge in [-0.05, 0) is 54.5 Å². The summed E-state index contributed by atoms with van der Waals surface area (Å²) in [7, 11) is 0. The number of hydrogen-bond acceptors (Lipinski definition) is 3. The Kier molecular flexibility index (Phi) is 7.70. The number of carbonyl (C=O) groups is 3. The Bertz CT molecular complexity index is 1170. The van der Waals surface area contributed by atoms with Crippen LogP contribution in [0.15, 0.2) is 42.5 Å². The molecule has 0 unspecified atom stereocenters. The van der Waals surface area contributed by atoms with E-state index in [1.54, 1.807) is 4.90 Å². The quantitative estimate of drug-likeness (QED) is 0.463. The van der Waals surface area contributed by atoms with Crippen molar-refractivity contribution in [3.05, 3.63) is 65.0 Å². The van der Waals surface area contributed by atoms with Crippen LogP contribution in [0.3, 0.4) is 0 Å². The summed E-state index contributed by atoms with van der Waals surface area (Å²) in [5.41, 5.74) is 0.128. The number of urea groups is 1. The summed E-state index contributed by atoms with van der Waals surface area (Å²) in [6.07, 6.45) is -2.72. The molecular weight excluding hydrogens is 494 g/mol. The molecule has 2 fully saturated rings. The lowest BCUT2D eigenvalue weighted by molar-refractivity contribution is -0.148. The SMILES string of the molecule is O=C(O)[C@@H]1[C@@H](c2ccc(CCN3CCNC3=O)cc2)CCC[C@H]1C(=O)Nc1ccc(C(F)(F)F)cc1F. The number of benzene rings is 2. The Hall–Kier alpha value is -3.63. The molecule has 4 rings (SSSR count). The number of amides is 3. The second kappa shape index (κ2) is 10.8. The van der Waals surface area contributed by atoms with Gasteiger partial charge in [0, 0.05) is 19.6 Å². The number of rotatable bonds is 7. The summed E-state index contributed by atoms with van der Waals surface area (Å²) in [4.78, 5) is 38.6. The highest BCUT2D eigenvalue weighted by molar-refractivity contribution is 5.95. The predicted molar refractivity (Wildman–Crippen MR) is 126 cm³/mol. The molecule has 37 heavy (non-hydrogen) atoms. The highest BCUT2D eigenvalue weighted by atomic mass is 19.4. The van der Waals surface area contributed by atoms with Gasteiger partial charge >= 0.3 is 18.2 Å². The number of carbonyl (C=O) groups excluding carboxylic acids is 2. The lowest BCUT2D eigenvalue weighted by Crippen LogP contribution is -2.40. The van der Waals surface area contributed by atoms with Gasteiger partial charge in [0.1, 0.15) is 5.82 Å². The van der Waals surface area contributed by atoms with Crippen molar-refractivity contribution in [3.8, 4) is 0 Å². The van der Waals surface area contributed by atoms with Crippen LogP contribution in [-0.4, -0.2) is 47.5 Å². The fraction of sp³-hybridized carbons (Fsp3) is 0.423. The van der Waals surface area contributed by atoms with Gasteiger partial charge < -0.3 is 20.6 Å². The lowest BCUT2D eigenvalue weighted by Gasteiger charge is -2.35. The van der Waals surface area contributed by atoms with Gasteiger partial charge in [-0.2, -0.15) is 13.2 Å². The number of carboxylic acid groups (broad SMARTS) is 1. The van der Waals surface area contributed by atoms with Gasteiger partial charge in [0.2, 0.25) is 5.91 Å². The Balaban J connectivity index is 1.46. The van der Waals surface area contributed by atoms with E-state index >= 15 is 0 Å². The Morgan fingerprint density at radius 1 is 1.11 bits per heavy atom. The minimum atomic E-state index is -4.73. The topological polar surface area (TPSA) is 98.7 Å². The van der Waals surface area contributed by atoms with E-state index in [0.29, 0.717) is 51.0 Å². The smallest absolute Gasteiger partial charge is 0.416 e. The maximum Gasteiger partial charge on any atom is 0.416 e. The van der Waals surface area contributed by atoms with Crippen LogP contribution in [0.1, 0.15) is 41.9 Å². The lowest BCUT2D eigenvalue weighted by atomic mass is 9.69. The molecule has 1 saturated carbocycles. The van der Waals surface area contributed by atoms with Gasteiger partial charge in [-0.1, -0.05) is 30.7 Å². The van der Waals surface area contributed by atoms with E-state index in [4.69, 9.17) is 0 Å². The zero-order valence-electron chi connectivity index (χ0n) is 19.9. The molecule has 0 aromatic heterocycles. The molecule has 3 atom stereocenters. The summed E-state index contributed by atoms with van der Waals surface area (Å²) in [5.74, 6) is -5.67. The van der Waals surface area contributed by atoms with Gasteiger partial charge in [-0.25, -0.2) is 9.18 Å². The van der Waals surface area contributed by atoms with Crippen molar-refractivity contribution < 1.29 is 37.1 Å². The average Bonchev–Trinajstić information content (AvgIpc) is 3.27. The number of anilines is 1. The van der Waals surface area contributed by atoms with Crippen molar-refractivity contribution in [2.75, 3.05) is 25.0 Å². The van der Waals surface area contributed by atoms with Crippen LogP contribution < -0.4 is 10.6 Å². The number of aliphatic carboxylic acids is 1. The van der Waals surface area contributed by atoms with Crippen molar-refractivity contribution in [1.29, 1.82) is 0 Å². The van der Waals surface area contributed by atoms with Crippen molar-refractivity contribution in [2.45, 2.75) is 37.8 Å². The first-order valence-corrected chi connectivity index (χ1v) is 12.1. The molecule has 11 heteroatoms. The molecule has 1 aliphatic carbocycles. The third-order valence-corrected chi connectivity index (χ3v) is 7.10. The first-order valence-electron chi connectivity index (χ1n) is 12.1. The Morgan fingerprint density at radius 3 is 2.43 bits per heavy atom. The molecule has 0 radical (unpaired) electrons. The number of nitrogens with one attached hydrogen (secondary N) is 2. The van der Waals surface area contributed by atoms with E-state index in [-0.39, 0.29) is 12.5 Å². The first kappa shape index (κ1) is 26.4. The van der Waals surface area contributed by atoms with Crippen LogP contribution >= 0.6 is 0 Å². The van der Waals surface area contributed by atoms with Crippen molar-refractivity contribution >= 4 is 23.6 Å². The number of halogens is 4. The van der Waals surface area contributed by atoms with Gasteiger partial charge in [0.05, 0.1) is 23.1 Å². The summed E-state index contributed by atoms with van der Waals surface area (Å²) < 4.78 is 52.7. The number of carboxylic acids is 1. The molecular formula is C26H27F4N3O4. The fourth-order valence-electron chi connectivity index (χ4n) is 5.15. The zero-order valence-corrected chi connectivity index (χ0v) is 19.9. The fourth-order valence-corrected chi connectivity index (χ4v) is 5.15. The molecule has 198 valence electrons. The van der Waals surface area contributed by atoms with Crippen LogP contribution in [0.25, 0.3) is 0 Å². The summed E-state index contributed by atoms with van der Waals surface area (Å²) in [5, 5.41) is 15.0. The maximum absolute atomic E-state index is 14.3. The molecule has 7 nitrogen and oxygen atoms in total. The maximum atomic E-state index is 14.3. The zero-order chi connectivity index (χ0) is 26.7. The average molecular weight is 522 g/mol. The van der Waals surface area contributed by atoms with Crippen LogP contribution in [0, 0.1) is 17.7 Å². The highest BCUT2D eigenvalue weighted by Gasteiger charge is 2.43. The summed E-state index contributed by atoms with van der Waals surface area (Å²) >= 11 is 0. The molecule has 2 aromatic rings. The molecule has 2 aliphatic rings. The van der Waals surface area contributed by atoms with Gasteiger partial charge in [0.25, 0.3) is 0 Å². The molecule has 1 saturated heterocycles. The molecule has 0 spiro atoms. The van der Waals surface area contributed by atoms with E-state index in [1.165, 1.54) is 0 Å². The number of hydrogen-bond donors (Lipinski definition) is 3. The first-order chi connectivity index (χ1) is 17.5. The molecule has 1 aliphatic heterocycles. The standard InChI is InChI=1S/C26H27F4N3O4/c27-20-14-17(26(28,29)30)8-9-21(20)32-23(34)19-3-1-2-18(22(19)24(35)36)16-6-4-15(5-7-16)10-12-33-13-11-31-25(33)37/h4-9,14,18-19,22H,1-3,10-13H2,(H,31,37)(H,32,34)(H,35,36)/t18-,19-,22-/m1/s1. The van der Waals surface area contributed by atoms with Crippen molar-refractivity contribution in [3.63, 3.8) is 0 Å². The molecule has 3 amide bonds. The van der Waals surface area contributed by atoms with E-state index in [0.717, 1.165) is 17.2 Å². The summed E-state index contributed by atoms with van der Waals surface area (Å²) in [6.45, 7) is 1.84. The van der Waals surface area contributed by atoms with Crippen LogP contribution in [0.2, 0.25) is 0 Å². The molecule has 1 heterocycles. The Morgan fingerprint density at radius 2 is 1.84 bits per heavy atom. The highest BCUT2D eigenvalue weighted by Crippen LogP contribution is 2.42. The minimum absolute atomic E-state index is 0.0939. The van der Waals surface area contributed by atoms with E-state index < -0.39 is 52.9 Å². The van der Waals surface area contributed by atoms with Crippen LogP contribution in [-0.2, 0) is 22.2 Å². The minimum Gasteiger partial charge on any atom is -0.481 e. The van der Waals surface area contributed by atoms with Crippen LogP contribution in [0.4, 0.5) is 28.0 Å². The summed E-state index contributed by atoms with van der Waals surface area (Å²) in [6, 6.07) is 9.11. The molecule has 3 N–H and O–H groups in total. The monoisotopic (exact) mass is 521 g/mol. The third kappa shape index (κ3) is 6.03. The molecule has 0 bridgehead atoms. The van der Waals surface area contributed by atoms with E-state index in [1.807, 2.05) is 24.3 Å². The predicted octanol–water partition coefficient (Wildman–Crippen LogP) is 4.64. The van der Waals surface area contributed by atoms with Gasteiger partial charge in [0.15, 0.2) is 0 Å². The number of alkyl halides is 3. The van der Waals surface area contributed by atoms with Gasteiger partial charge in [-0.3, -0.25) is 9.59 Å². The normalized spacial score (nSPS) is 22.0. The number of nitrogens with zero attached hydrogens (tertiary/aromatic N) is 1. The second-order valence-electron chi connectivity index (χ2n) is 9.40. The van der Waals surface area contributed by atoms with E-state index in [2.05, 4.69) is 10.6 Å². The van der Waals surface area contributed by atoms with Crippen molar-refractivity contribution in [1.82, 2.24) is 10.2 Å². The largest absolute Gasteiger partial charge is 0.481 e. The molecule has 2 aromatic carbocycles. The van der Waals surface area contributed by atoms with E-state index in [9.17, 15) is 37.1 Å². The second-order valence-corrected chi connectivity index (χ2v) is 9.40.